The molecule has 0 fully saturated rings. The largest absolute Gasteiger partial charge is 0.650 e. The van der Waals surface area contributed by atoms with Crippen LogP contribution < -0.4 is 18.9 Å². The van der Waals surface area contributed by atoms with Gasteiger partial charge in [-0.1, -0.05) is 12.1 Å². The second kappa shape index (κ2) is 25.0. The number of pyridine rings is 5. The number of fused-ring (bicyclic) bond motifs is 15. The van der Waals surface area contributed by atoms with Gasteiger partial charge in [-0.2, -0.15) is 5.26 Å². The molecule has 81 heavy (non-hydrogen) atoms. The first-order valence-corrected chi connectivity index (χ1v) is 30.5. The van der Waals surface area contributed by atoms with Gasteiger partial charge in [0.2, 0.25) is 0 Å². The zero-order chi connectivity index (χ0) is 56.3. The van der Waals surface area contributed by atoms with E-state index < -0.39 is 0 Å². The summed E-state index contributed by atoms with van der Waals surface area (Å²) in [6.45, 7) is 4.08. The van der Waals surface area contributed by atoms with Crippen molar-refractivity contribution in [3.63, 3.8) is 0 Å². The monoisotopic (exact) mass is 1210 g/mol. The molecule has 0 saturated carbocycles. The Bertz CT molecular complexity index is 4900. The Labute approximate surface area is 518 Å². The minimum absolute atomic E-state index is 0.277. The summed E-state index contributed by atoms with van der Waals surface area (Å²) in [5.74, 6) is 3.23. The third kappa shape index (κ3) is 11.5. The maximum atomic E-state index is 13.3. The van der Waals surface area contributed by atoms with Gasteiger partial charge in [0.25, 0.3) is 0 Å². The van der Waals surface area contributed by atoms with Gasteiger partial charge in [-0.25, -0.2) is 8.78 Å². The average molecular weight is 1210 g/mol. The fourth-order valence-corrected chi connectivity index (χ4v) is 15.0. The third-order valence-corrected chi connectivity index (χ3v) is 18.5. The number of thiophene rings is 4. The van der Waals surface area contributed by atoms with Crippen molar-refractivity contribution in [2.75, 3.05) is 0 Å². The number of halogens is 2. The maximum absolute atomic E-state index is 13.3. The van der Waals surface area contributed by atoms with Crippen LogP contribution in [0.25, 0.3) is 103 Å². The normalized spacial score (nSPS) is 11.0. The van der Waals surface area contributed by atoms with Gasteiger partial charge in [-0.05, 0) is 128 Å². The minimum Gasteiger partial charge on any atom is -0.650 e. The van der Waals surface area contributed by atoms with Crippen LogP contribution in [0.2, 0.25) is 0 Å². The van der Waals surface area contributed by atoms with Crippen molar-refractivity contribution in [2.45, 2.75) is 13.8 Å². The molecule has 23 heteroatoms. The molecular formula is C58H36Al5F2N6O6S4. The van der Waals surface area contributed by atoms with E-state index in [1.165, 1.54) is 134 Å². The summed E-state index contributed by atoms with van der Waals surface area (Å²) in [6.07, 6.45) is 8.42. The second-order valence-corrected chi connectivity index (χ2v) is 23.6. The summed E-state index contributed by atoms with van der Waals surface area (Å²) >= 11 is 13.6. The predicted molar refractivity (Wildman–Crippen MR) is 333 cm³/mol. The summed E-state index contributed by atoms with van der Waals surface area (Å²) in [5, 5.41) is 13.9. The van der Waals surface area contributed by atoms with Crippen molar-refractivity contribution in [3.8, 4) is 34.8 Å². The molecule has 0 aliphatic heterocycles. The molecule has 0 aliphatic rings. The topological polar surface area (TPSA) is 148 Å². The molecule has 0 amide bonds. The van der Waals surface area contributed by atoms with E-state index >= 15 is 0 Å². The van der Waals surface area contributed by atoms with Crippen molar-refractivity contribution in [1.29, 1.82) is 5.26 Å². The van der Waals surface area contributed by atoms with Crippen LogP contribution >= 0.6 is 45.3 Å². The van der Waals surface area contributed by atoms with Crippen LogP contribution in [-0.4, -0.2) is 108 Å². The summed E-state index contributed by atoms with van der Waals surface area (Å²) < 4.78 is 67.3. The second-order valence-electron chi connectivity index (χ2n) is 17.8. The number of hydrogen-bond acceptors (Lipinski definition) is 16. The van der Waals surface area contributed by atoms with Gasteiger partial charge in [-0.3, -0.25) is 24.9 Å². The van der Waals surface area contributed by atoms with Gasteiger partial charge < -0.3 is 23.4 Å². The van der Waals surface area contributed by atoms with Crippen molar-refractivity contribution < 1.29 is 32.1 Å². The standard InChI is InChI=1S/C12H8FNOS.C12H6N2OS.C12H9NOS.C11H6FNOS.C11H7NO2.5Al.5H/c1-6-2-8(15)11-9(3-6)16-10-4-7(13)5-14-12(10)11;13-6-7-4-8(15)11-10(5-7)16-9-2-1-3-14-12(9)11;1-7-5-10-12(13-6-7)11-8(14)3-2-4-9(11)15-10;12-6-4-7(14)10-9(5-6)15-8-2-1-3-13-11(8)10;13-7-3-1-4-8-10(7)11-9(14-8)5-2-6-12-11;;;;;;;;;;/h2-5,15H,1H3;1-5,15H;2-6,14H,1H3;1-5,14H;1-6,13H;;;;;;;;;;/q;;;;;5*+1;;;;;/p-5. The molecule has 0 N–H and O–H groups in total. The molecule has 10 heterocycles. The highest BCUT2D eigenvalue weighted by Crippen LogP contribution is 2.43. The van der Waals surface area contributed by atoms with Crippen LogP contribution in [0, 0.1) is 36.8 Å². The van der Waals surface area contributed by atoms with Gasteiger partial charge in [0.1, 0.15) is 22.7 Å². The number of nitriles is 1. The van der Waals surface area contributed by atoms with Gasteiger partial charge in [0.05, 0.1) is 114 Å². The molecule has 5 aromatic carbocycles. The number of hydrogen-bond donors (Lipinski definition) is 0. The number of benzene rings is 5. The fourth-order valence-electron chi connectivity index (χ4n) is 9.18. The SMILES string of the molecule is Cc1cc([O][AlH])c2c(c1)sc1cc(F)cnc12.Cc1cnc2c(c1)sc1cccc([O][AlH])c12.Fc1cc([O][AlH])c2c(c1)sc1cccnc12.N#Cc1cc([O][AlH])c2c(c1)sc1cccnc12.[AlH][O]c1cccc2oc3cccnc3c12. The van der Waals surface area contributed by atoms with E-state index in [1.54, 1.807) is 58.7 Å². The Morgan fingerprint density at radius 2 is 0.864 bits per heavy atom. The van der Waals surface area contributed by atoms with E-state index in [2.05, 4.69) is 56.1 Å². The molecule has 0 saturated heterocycles. The molecule has 0 unspecified atom stereocenters. The van der Waals surface area contributed by atoms with Crippen molar-refractivity contribution in [3.05, 3.63) is 181 Å². The number of furan rings is 1. The van der Waals surface area contributed by atoms with Crippen molar-refractivity contribution in [2.24, 2.45) is 0 Å². The smallest absolute Gasteiger partial charge is 0.494 e. The molecule has 0 atom stereocenters. The average Bonchev–Trinajstić information content (AvgIpc) is 4.54. The maximum Gasteiger partial charge on any atom is 0.494 e. The lowest BCUT2D eigenvalue weighted by molar-refractivity contribution is 0.593. The first-order chi connectivity index (χ1) is 39.5. The molecule has 12 nitrogen and oxygen atoms in total. The molecule has 10 aromatic heterocycles. The van der Waals surface area contributed by atoms with Crippen molar-refractivity contribution >= 4 is 232 Å². The Kier molecular flexibility index (Phi) is 17.4. The lowest BCUT2D eigenvalue weighted by Gasteiger charge is -2.05. The van der Waals surface area contributed by atoms with Crippen LogP contribution in [0.15, 0.2) is 157 Å². The molecular weight excluding hydrogens is 1180 g/mol. The zero-order valence-electron chi connectivity index (χ0n) is 43.0. The van der Waals surface area contributed by atoms with Crippen LogP contribution in [0.1, 0.15) is 16.7 Å². The van der Waals surface area contributed by atoms with Gasteiger partial charge in [-0.15, -0.1) is 45.3 Å². The summed E-state index contributed by atoms with van der Waals surface area (Å²) in [6, 6.07) is 39.9. The highest BCUT2D eigenvalue weighted by Gasteiger charge is 2.16. The van der Waals surface area contributed by atoms with Crippen molar-refractivity contribution in [1.82, 2.24) is 24.9 Å². The van der Waals surface area contributed by atoms with E-state index in [1.807, 2.05) is 92.0 Å². The van der Waals surface area contributed by atoms with E-state index in [-0.39, 0.29) is 11.6 Å². The summed E-state index contributed by atoms with van der Waals surface area (Å²) in [5.41, 5.74) is 9.09. The molecule has 15 rings (SSSR count). The molecule has 0 aliphatic carbocycles. The van der Waals surface area contributed by atoms with Crippen LogP contribution in [0.5, 0.6) is 28.7 Å². The van der Waals surface area contributed by atoms with Crippen LogP contribution in [-0.2, 0) is 0 Å². The van der Waals surface area contributed by atoms with E-state index in [0.717, 1.165) is 122 Å². The molecule has 0 bridgehead atoms. The molecule has 387 valence electrons. The van der Waals surface area contributed by atoms with Crippen LogP contribution in [0.4, 0.5) is 8.78 Å². The highest BCUT2D eigenvalue weighted by molar-refractivity contribution is 7.27. The lowest BCUT2D eigenvalue weighted by Crippen LogP contribution is -1.87. The summed E-state index contributed by atoms with van der Waals surface area (Å²) in [4.78, 5) is 21.7. The van der Waals surface area contributed by atoms with E-state index in [0.29, 0.717) is 11.3 Å². The Morgan fingerprint density at radius 1 is 0.407 bits per heavy atom. The first-order valence-electron chi connectivity index (χ1n) is 24.3. The predicted octanol–water partition coefficient (Wildman–Crippen LogP) is 13.5. The first kappa shape index (κ1) is 56.4. The van der Waals surface area contributed by atoms with Gasteiger partial charge in [0, 0.05) is 49.7 Å². The minimum atomic E-state index is -0.304. The fraction of sp³-hybridized carbons (Fsp3) is 0.0345. The number of aryl methyl sites for hydroxylation is 2. The number of rotatable bonds is 5. The lowest BCUT2D eigenvalue weighted by atomic mass is 10.1. The highest BCUT2D eigenvalue weighted by atomic mass is 32.1. The van der Waals surface area contributed by atoms with Crippen LogP contribution in [0.3, 0.4) is 0 Å². The molecule has 15 aromatic rings. The van der Waals surface area contributed by atoms with E-state index in [4.69, 9.17) is 28.6 Å². The molecule has 5 radical (unpaired) electrons. The quantitative estimate of drug-likeness (QED) is 0.151. The number of nitrogens with zero attached hydrogens (tertiary/aromatic N) is 6. The Morgan fingerprint density at radius 3 is 1.52 bits per heavy atom. The number of aromatic nitrogens is 5. The summed E-state index contributed by atoms with van der Waals surface area (Å²) in [7, 11) is 0. The van der Waals surface area contributed by atoms with Gasteiger partial charge >= 0.3 is 83.1 Å². The Balaban J connectivity index is 0.000000107. The zero-order valence-corrected chi connectivity index (χ0v) is 53.3. The Hall–Kier alpha value is -6.46. The third-order valence-electron chi connectivity index (χ3n) is 12.6. The van der Waals surface area contributed by atoms with E-state index in [9.17, 15) is 8.78 Å². The molecule has 0 spiro atoms. The van der Waals surface area contributed by atoms with Gasteiger partial charge in [0.15, 0.2) is 5.58 Å².